The maximum Gasteiger partial charge on any atom is 0.168 e. The Morgan fingerprint density at radius 1 is 1.42 bits per heavy atom. The Bertz CT molecular complexity index is 466. The van der Waals surface area contributed by atoms with Gasteiger partial charge in [0.05, 0.1) is 5.56 Å². The summed E-state index contributed by atoms with van der Waals surface area (Å²) in [6.45, 7) is 7.26. The van der Waals surface area contributed by atoms with E-state index in [0.717, 1.165) is 0 Å². The van der Waals surface area contributed by atoms with Gasteiger partial charge >= 0.3 is 0 Å². The molecule has 104 valence electrons. The lowest BCUT2D eigenvalue weighted by Gasteiger charge is -2.23. The van der Waals surface area contributed by atoms with E-state index >= 15 is 0 Å². The fraction of sp³-hybridized carbons (Fsp3) is 0.538. The molecular weight excluding hydrogens is 244 g/mol. The molecule has 6 nitrogen and oxygen atoms in total. The zero-order valence-corrected chi connectivity index (χ0v) is 11.7. The van der Waals surface area contributed by atoms with Gasteiger partial charge in [0, 0.05) is 30.1 Å². The van der Waals surface area contributed by atoms with E-state index in [9.17, 15) is 4.79 Å². The highest BCUT2D eigenvalue weighted by Gasteiger charge is 2.25. The van der Waals surface area contributed by atoms with Crippen molar-refractivity contribution in [2.24, 2.45) is 11.3 Å². The van der Waals surface area contributed by atoms with Crippen LogP contribution >= 0.6 is 0 Å². The second-order valence-electron chi connectivity index (χ2n) is 5.45. The van der Waals surface area contributed by atoms with E-state index in [1.807, 2.05) is 19.3 Å². The molecule has 1 aromatic heterocycles. The summed E-state index contributed by atoms with van der Waals surface area (Å²) in [5, 5.41) is 16.4. The van der Waals surface area contributed by atoms with Crippen molar-refractivity contribution in [2.75, 3.05) is 0 Å². The molecule has 0 aliphatic rings. The number of hydroxylamine groups is 1. The number of carbonyl (C=O) groups is 1. The van der Waals surface area contributed by atoms with Gasteiger partial charge < -0.3 is 0 Å². The number of hydrogen-bond acceptors (Lipinski definition) is 5. The van der Waals surface area contributed by atoms with E-state index in [-0.39, 0.29) is 17.5 Å². The van der Waals surface area contributed by atoms with Gasteiger partial charge in [-0.05, 0) is 0 Å². The molecule has 0 bridgehead atoms. The first-order valence-electron chi connectivity index (χ1n) is 6.12. The van der Waals surface area contributed by atoms with Gasteiger partial charge in [-0.25, -0.2) is 9.97 Å². The highest BCUT2D eigenvalue weighted by molar-refractivity contribution is 5.96. The number of Topliss-reactive ketones (excluding diaryl/α,β-unsaturated/α-hetero) is 1. The molecule has 0 aliphatic carbocycles. The van der Waals surface area contributed by atoms with Crippen LogP contribution in [0.1, 0.15) is 43.9 Å². The first kappa shape index (κ1) is 15.2. The molecule has 0 saturated carbocycles. The average molecular weight is 264 g/mol. The highest BCUT2D eigenvalue weighted by atomic mass is 16.5. The average Bonchev–Trinajstić information content (AvgIpc) is 2.37. The summed E-state index contributed by atoms with van der Waals surface area (Å²) in [6, 6.07) is 0. The predicted octanol–water partition coefficient (Wildman–Crippen LogP) is 1.84. The fourth-order valence-electron chi connectivity index (χ4n) is 1.54. The number of nitrogens with zero attached hydrogens (tertiary/aromatic N) is 2. The Balaban J connectivity index is 2.83. The molecule has 6 heteroatoms. The van der Waals surface area contributed by atoms with Crippen molar-refractivity contribution in [1.82, 2.24) is 15.4 Å². The van der Waals surface area contributed by atoms with E-state index in [1.165, 1.54) is 12.4 Å². The Morgan fingerprint density at radius 2 is 1.95 bits per heavy atom. The van der Waals surface area contributed by atoms with Crippen molar-refractivity contribution in [1.29, 1.82) is 5.41 Å². The Kier molecular flexibility index (Phi) is 4.72. The van der Waals surface area contributed by atoms with Crippen molar-refractivity contribution in [2.45, 2.75) is 34.1 Å². The summed E-state index contributed by atoms with van der Waals surface area (Å²) in [6.07, 6.45) is 3.42. The van der Waals surface area contributed by atoms with E-state index in [1.54, 1.807) is 13.8 Å². The molecule has 3 N–H and O–H groups in total. The summed E-state index contributed by atoms with van der Waals surface area (Å²) in [5.41, 5.74) is 1.74. The Hall–Kier alpha value is -1.82. The van der Waals surface area contributed by atoms with Crippen LogP contribution in [0, 0.1) is 16.7 Å². The molecular formula is C13H20N4O2. The van der Waals surface area contributed by atoms with Crippen molar-refractivity contribution in [3.63, 3.8) is 0 Å². The van der Waals surface area contributed by atoms with E-state index in [4.69, 9.17) is 10.6 Å². The van der Waals surface area contributed by atoms with E-state index < -0.39 is 5.41 Å². The molecule has 0 aromatic carbocycles. The van der Waals surface area contributed by atoms with E-state index in [0.29, 0.717) is 17.8 Å². The van der Waals surface area contributed by atoms with Crippen LogP contribution in [0.3, 0.4) is 0 Å². The van der Waals surface area contributed by atoms with Crippen LogP contribution in [0.15, 0.2) is 12.4 Å². The molecule has 0 unspecified atom stereocenters. The van der Waals surface area contributed by atoms with Crippen LogP contribution < -0.4 is 5.48 Å². The third-order valence-corrected chi connectivity index (χ3v) is 2.90. The Morgan fingerprint density at radius 3 is 2.37 bits per heavy atom. The standard InChI is InChI=1S/C13H20N4O2/c1-8(2)11(18)9-6-15-10(16-7-9)5-13(3,4)12(14)17-19/h6-8,19H,5H2,1-4H3,(H2,14,17). The van der Waals surface area contributed by atoms with Gasteiger partial charge in [-0.3, -0.25) is 20.9 Å². The maximum absolute atomic E-state index is 11.7. The third-order valence-electron chi connectivity index (χ3n) is 2.90. The first-order chi connectivity index (χ1) is 8.77. The second-order valence-corrected chi connectivity index (χ2v) is 5.45. The minimum atomic E-state index is -0.599. The largest absolute Gasteiger partial charge is 0.294 e. The molecule has 1 rings (SSSR count). The van der Waals surface area contributed by atoms with Gasteiger partial charge in [0.25, 0.3) is 0 Å². The van der Waals surface area contributed by atoms with Crippen LogP contribution in [0.5, 0.6) is 0 Å². The van der Waals surface area contributed by atoms with Crippen LogP contribution in [0.25, 0.3) is 0 Å². The lowest BCUT2D eigenvalue weighted by Crippen LogP contribution is -2.36. The normalized spacial score (nSPS) is 11.5. The van der Waals surface area contributed by atoms with Gasteiger partial charge in [0.15, 0.2) is 5.78 Å². The monoisotopic (exact) mass is 264 g/mol. The molecule has 0 saturated heterocycles. The predicted molar refractivity (Wildman–Crippen MR) is 71.3 cm³/mol. The number of carbonyl (C=O) groups excluding carboxylic acids is 1. The van der Waals surface area contributed by atoms with Crippen LogP contribution in [0.4, 0.5) is 0 Å². The number of nitrogens with one attached hydrogen (secondary N) is 2. The first-order valence-corrected chi connectivity index (χ1v) is 6.12. The molecule has 0 radical (unpaired) electrons. The molecule has 0 fully saturated rings. The van der Waals surface area contributed by atoms with Gasteiger partial charge in [-0.15, -0.1) is 0 Å². The molecule has 0 aliphatic heterocycles. The summed E-state index contributed by atoms with van der Waals surface area (Å²) in [4.78, 5) is 20.0. The van der Waals surface area contributed by atoms with Crippen molar-refractivity contribution in [3.05, 3.63) is 23.8 Å². The Labute approximate surface area is 112 Å². The molecule has 1 heterocycles. The molecule has 19 heavy (non-hydrogen) atoms. The smallest absolute Gasteiger partial charge is 0.168 e. The number of hydrogen-bond donors (Lipinski definition) is 3. The minimum Gasteiger partial charge on any atom is -0.294 e. The number of aromatic nitrogens is 2. The van der Waals surface area contributed by atoms with Gasteiger partial charge in [-0.1, -0.05) is 27.7 Å². The van der Waals surface area contributed by atoms with Crippen LogP contribution in [0.2, 0.25) is 0 Å². The zero-order chi connectivity index (χ0) is 14.6. The highest BCUT2D eigenvalue weighted by Crippen LogP contribution is 2.20. The minimum absolute atomic E-state index is 0.00145. The van der Waals surface area contributed by atoms with Crippen molar-refractivity contribution >= 4 is 11.6 Å². The number of amidine groups is 1. The fourth-order valence-corrected chi connectivity index (χ4v) is 1.54. The molecule has 0 spiro atoms. The maximum atomic E-state index is 11.7. The SMILES string of the molecule is CC(C)C(=O)c1cnc(CC(C)(C)C(=N)NO)nc1. The quantitative estimate of drug-likeness (QED) is 0.326. The lowest BCUT2D eigenvalue weighted by molar-refractivity contribution is 0.0938. The summed E-state index contributed by atoms with van der Waals surface area (Å²) in [5.74, 6) is 0.456. The molecule has 0 amide bonds. The zero-order valence-electron chi connectivity index (χ0n) is 11.7. The summed E-state index contributed by atoms with van der Waals surface area (Å²) < 4.78 is 0. The summed E-state index contributed by atoms with van der Waals surface area (Å²) in [7, 11) is 0. The third kappa shape index (κ3) is 3.82. The van der Waals surface area contributed by atoms with E-state index in [2.05, 4.69) is 9.97 Å². The van der Waals surface area contributed by atoms with Gasteiger partial charge in [0.1, 0.15) is 11.7 Å². The lowest BCUT2D eigenvalue weighted by atomic mass is 9.87. The van der Waals surface area contributed by atoms with Crippen molar-refractivity contribution in [3.8, 4) is 0 Å². The second kappa shape index (κ2) is 5.88. The van der Waals surface area contributed by atoms with Gasteiger partial charge in [0.2, 0.25) is 0 Å². The molecule has 1 aromatic rings. The molecule has 0 atom stereocenters. The van der Waals surface area contributed by atoms with Crippen LogP contribution in [-0.4, -0.2) is 26.8 Å². The summed E-state index contributed by atoms with van der Waals surface area (Å²) >= 11 is 0. The topological polar surface area (TPSA) is 99.0 Å². The van der Waals surface area contributed by atoms with Crippen molar-refractivity contribution < 1.29 is 10.0 Å². The number of rotatable bonds is 5. The van der Waals surface area contributed by atoms with Crippen LogP contribution in [-0.2, 0) is 6.42 Å². The number of ketones is 1. The van der Waals surface area contributed by atoms with Gasteiger partial charge in [-0.2, -0.15) is 0 Å².